The first-order valence-corrected chi connectivity index (χ1v) is 14.2. The second kappa shape index (κ2) is 12.3. The molecule has 0 N–H and O–H groups in total. The van der Waals surface area contributed by atoms with Crippen LogP contribution in [0.1, 0.15) is 22.6 Å². The van der Waals surface area contributed by atoms with Gasteiger partial charge < -0.3 is 51.3 Å². The average molecular weight is 953 g/mol. The largest absolute Gasteiger partial charge is 4.00 e. The molecular formula is C35H30N8Pt2. The van der Waals surface area contributed by atoms with Crippen molar-refractivity contribution < 1.29 is 42.1 Å². The zero-order valence-corrected chi connectivity index (χ0v) is 29.6. The number of rotatable bonds is 5. The van der Waals surface area contributed by atoms with Crippen LogP contribution in [0.25, 0.3) is 11.1 Å². The maximum Gasteiger partial charge on any atom is 4.00 e. The van der Waals surface area contributed by atoms with Crippen molar-refractivity contribution in [2.75, 3.05) is 47.8 Å². The maximum atomic E-state index is 3.80. The molecule has 10 heteroatoms. The Morgan fingerprint density at radius 2 is 0.822 bits per heavy atom. The fourth-order valence-electron chi connectivity index (χ4n) is 5.96. The number of fused-ring (bicyclic) bond motifs is 3. The molecule has 4 aliphatic heterocycles. The van der Waals surface area contributed by atoms with Crippen LogP contribution in [0.3, 0.4) is 0 Å². The molecule has 0 saturated carbocycles. The minimum atomic E-state index is -0.161. The molecule has 0 saturated heterocycles. The summed E-state index contributed by atoms with van der Waals surface area (Å²) in [5.41, 5.74) is 9.32. The monoisotopic (exact) mass is 952 g/mol. The van der Waals surface area contributed by atoms with Crippen molar-refractivity contribution in [2.45, 2.75) is 5.92 Å². The summed E-state index contributed by atoms with van der Waals surface area (Å²) >= 11 is 0. The molecule has 3 aromatic rings. The summed E-state index contributed by atoms with van der Waals surface area (Å²) in [6, 6.07) is 25.9. The number of benzene rings is 3. The molecule has 230 valence electrons. The Labute approximate surface area is 295 Å². The molecule has 0 bridgehead atoms. The van der Waals surface area contributed by atoms with Crippen LogP contribution in [0.4, 0.5) is 22.7 Å². The van der Waals surface area contributed by atoms with Gasteiger partial charge in [-0.25, -0.2) is 17.4 Å². The third-order valence-electron chi connectivity index (χ3n) is 8.07. The number of hydrogen-bond acceptors (Lipinski definition) is 8. The summed E-state index contributed by atoms with van der Waals surface area (Å²) in [4.78, 5) is 16.5. The van der Waals surface area contributed by atoms with Gasteiger partial charge in [0, 0.05) is 0 Å². The third-order valence-corrected chi connectivity index (χ3v) is 8.07. The predicted molar refractivity (Wildman–Crippen MR) is 169 cm³/mol. The number of hydrogen-bond donors (Lipinski definition) is 0. The van der Waals surface area contributed by atoms with Gasteiger partial charge in [-0.15, -0.1) is 11.4 Å². The number of anilines is 4. The standard InChI is InChI=1S/C35H30N8.2Pt/c1-36-9-13-40(22-36)27-5-7-31-32-8-6-28(41-14-10-37(2)23-41)21-34(32)35(33(31)20-27)26-17-29(42-15-11-38(3)24-42)19-30(18-26)43-16-12-39(4)25-43;;/h5-16,19,22-25,35H,1-4H3;;/q-8;2*+4. The van der Waals surface area contributed by atoms with Crippen LogP contribution in [-0.4, -0.2) is 47.8 Å². The van der Waals surface area contributed by atoms with Gasteiger partial charge in [-0.1, -0.05) is 5.92 Å². The van der Waals surface area contributed by atoms with Crippen LogP contribution in [0.15, 0.2) is 79.9 Å². The molecule has 0 amide bonds. The minimum Gasteiger partial charge on any atom is -0.520 e. The van der Waals surface area contributed by atoms with Crippen LogP contribution < -0.4 is 19.6 Å². The van der Waals surface area contributed by atoms with Crippen molar-refractivity contribution >= 4 is 22.7 Å². The quantitative estimate of drug-likeness (QED) is 0.246. The fraction of sp³-hybridized carbons (Fsp3) is 0.143. The summed E-state index contributed by atoms with van der Waals surface area (Å²) in [6.07, 6.45) is 16.4. The minimum absolute atomic E-state index is 0. The van der Waals surface area contributed by atoms with Gasteiger partial charge in [0.1, 0.15) is 0 Å². The van der Waals surface area contributed by atoms with Crippen LogP contribution in [-0.2, 0) is 42.1 Å². The molecule has 3 aromatic carbocycles. The van der Waals surface area contributed by atoms with E-state index in [1.165, 1.54) is 0 Å². The molecule has 5 aliphatic rings. The van der Waals surface area contributed by atoms with Crippen molar-refractivity contribution in [1.29, 1.82) is 0 Å². The van der Waals surface area contributed by atoms with Gasteiger partial charge in [-0.2, -0.15) is 85.3 Å². The molecule has 0 fully saturated rings. The summed E-state index contributed by atoms with van der Waals surface area (Å²) in [5, 5.41) is 0. The first kappa shape index (κ1) is 31.4. The Balaban J connectivity index is 0.00000179. The Kier molecular flexibility index (Phi) is 8.58. The Hall–Kier alpha value is -3.60. The van der Waals surface area contributed by atoms with E-state index in [0.717, 1.165) is 50.6 Å². The molecule has 4 heterocycles. The molecule has 0 unspecified atom stereocenters. The van der Waals surface area contributed by atoms with Gasteiger partial charge in [-0.05, 0) is 77.8 Å². The van der Waals surface area contributed by atoms with Crippen molar-refractivity contribution in [1.82, 2.24) is 19.6 Å². The van der Waals surface area contributed by atoms with E-state index in [9.17, 15) is 0 Å². The van der Waals surface area contributed by atoms with Crippen LogP contribution in [0, 0.1) is 50.9 Å². The van der Waals surface area contributed by atoms with E-state index < -0.39 is 0 Å². The summed E-state index contributed by atoms with van der Waals surface area (Å²) in [7, 11) is 8.11. The first-order chi connectivity index (χ1) is 20.9. The van der Waals surface area contributed by atoms with Gasteiger partial charge in [0.15, 0.2) is 0 Å². The van der Waals surface area contributed by atoms with E-state index in [1.807, 2.05) is 72.6 Å². The summed E-state index contributed by atoms with van der Waals surface area (Å²) < 4.78 is 0. The SMILES string of the molecule is CN1C=CN(c2[c-]c3c(cc2)-c2ccc(N4C=CN(C)[CH-]4)[c-]c2C3c2[c-]c(N3C=CN(C)[CH-]3)cc(N3C=CN(C)[CH-]3)[c-]2)[CH-]1.[Pt+4].[Pt+4]. The molecule has 45 heavy (non-hydrogen) atoms. The molecule has 8 rings (SSSR count). The van der Waals surface area contributed by atoms with Crippen molar-refractivity contribution in [3.63, 3.8) is 0 Å². The van der Waals surface area contributed by atoms with E-state index in [-0.39, 0.29) is 48.0 Å². The summed E-state index contributed by atoms with van der Waals surface area (Å²) in [5.74, 6) is -0.161. The zero-order chi connectivity index (χ0) is 29.2. The van der Waals surface area contributed by atoms with E-state index in [4.69, 9.17) is 0 Å². The van der Waals surface area contributed by atoms with E-state index in [0.29, 0.717) is 0 Å². The Morgan fingerprint density at radius 1 is 0.467 bits per heavy atom. The van der Waals surface area contributed by atoms with Crippen molar-refractivity contribution in [3.8, 4) is 11.1 Å². The molecule has 0 radical (unpaired) electrons. The van der Waals surface area contributed by atoms with E-state index >= 15 is 0 Å². The van der Waals surface area contributed by atoms with Gasteiger partial charge in [0.25, 0.3) is 0 Å². The van der Waals surface area contributed by atoms with Crippen LogP contribution in [0.2, 0.25) is 0 Å². The van der Waals surface area contributed by atoms with Crippen molar-refractivity contribution in [3.05, 3.63) is 148 Å². The number of nitrogens with zero attached hydrogens (tertiary/aromatic N) is 8. The van der Waals surface area contributed by atoms with Crippen LogP contribution in [0.5, 0.6) is 0 Å². The van der Waals surface area contributed by atoms with Gasteiger partial charge in [0.2, 0.25) is 0 Å². The second-order valence-electron chi connectivity index (χ2n) is 11.3. The third kappa shape index (κ3) is 5.68. The Bertz CT molecular complexity index is 1600. The first-order valence-electron chi connectivity index (χ1n) is 14.2. The zero-order valence-electron chi connectivity index (χ0n) is 25.1. The molecule has 0 aromatic heterocycles. The van der Waals surface area contributed by atoms with Crippen LogP contribution >= 0.6 is 0 Å². The predicted octanol–water partition coefficient (Wildman–Crippen LogP) is 5.41. The van der Waals surface area contributed by atoms with Gasteiger partial charge >= 0.3 is 42.1 Å². The molecular weight excluding hydrogens is 923 g/mol. The topological polar surface area (TPSA) is 25.9 Å². The van der Waals surface area contributed by atoms with Gasteiger partial charge in [0.05, 0.1) is 0 Å². The smallest absolute Gasteiger partial charge is 0.520 e. The molecule has 8 nitrogen and oxygen atoms in total. The van der Waals surface area contributed by atoms with E-state index in [1.54, 1.807) is 0 Å². The second-order valence-corrected chi connectivity index (χ2v) is 11.3. The van der Waals surface area contributed by atoms with E-state index in [2.05, 4.69) is 126 Å². The maximum absolute atomic E-state index is 3.80. The van der Waals surface area contributed by atoms with Crippen molar-refractivity contribution in [2.24, 2.45) is 0 Å². The molecule has 0 spiro atoms. The molecule has 1 aliphatic carbocycles. The average Bonchev–Trinajstić information content (AvgIpc) is 3.84. The Morgan fingerprint density at radius 3 is 1.16 bits per heavy atom. The normalized spacial score (nSPS) is 18.0. The molecule has 0 atom stereocenters. The fourth-order valence-corrected chi connectivity index (χ4v) is 5.96. The van der Waals surface area contributed by atoms with Gasteiger partial charge in [-0.3, -0.25) is 5.56 Å². The summed E-state index contributed by atoms with van der Waals surface area (Å²) in [6.45, 7) is 8.22.